The molecule has 1 aromatic rings. The SMILES string of the molecule is CCOCc1nc(NC)cc(NCCC2CCCCO2)n1. The Kier molecular flexibility index (Phi) is 6.69. The summed E-state index contributed by atoms with van der Waals surface area (Å²) in [5.74, 6) is 2.33. The number of aromatic nitrogens is 2. The molecule has 1 aliphatic rings. The lowest BCUT2D eigenvalue weighted by Crippen LogP contribution is -2.22. The van der Waals surface area contributed by atoms with Gasteiger partial charge in [0.2, 0.25) is 0 Å². The highest BCUT2D eigenvalue weighted by Crippen LogP contribution is 2.16. The minimum atomic E-state index is 0.389. The second kappa shape index (κ2) is 8.79. The van der Waals surface area contributed by atoms with E-state index in [1.54, 1.807) is 0 Å². The van der Waals surface area contributed by atoms with Gasteiger partial charge < -0.3 is 20.1 Å². The molecule has 0 aromatic carbocycles. The van der Waals surface area contributed by atoms with Crippen LogP contribution in [0.25, 0.3) is 0 Å². The predicted molar refractivity (Wildman–Crippen MR) is 83.6 cm³/mol. The van der Waals surface area contributed by atoms with Gasteiger partial charge in [0.15, 0.2) is 5.82 Å². The molecular formula is C15H26N4O2. The first kappa shape index (κ1) is 16.0. The van der Waals surface area contributed by atoms with Crippen molar-refractivity contribution in [2.45, 2.75) is 45.3 Å². The molecule has 6 heteroatoms. The van der Waals surface area contributed by atoms with Gasteiger partial charge in [-0.3, -0.25) is 0 Å². The van der Waals surface area contributed by atoms with Gasteiger partial charge >= 0.3 is 0 Å². The van der Waals surface area contributed by atoms with Crippen molar-refractivity contribution < 1.29 is 9.47 Å². The smallest absolute Gasteiger partial charge is 0.158 e. The van der Waals surface area contributed by atoms with Crippen molar-refractivity contribution in [3.63, 3.8) is 0 Å². The Morgan fingerprint density at radius 3 is 2.90 bits per heavy atom. The number of nitrogens with zero attached hydrogens (tertiary/aromatic N) is 2. The van der Waals surface area contributed by atoms with Crippen molar-refractivity contribution in [1.82, 2.24) is 9.97 Å². The summed E-state index contributed by atoms with van der Waals surface area (Å²) in [7, 11) is 1.85. The van der Waals surface area contributed by atoms with E-state index in [0.717, 1.165) is 31.2 Å². The topological polar surface area (TPSA) is 68.3 Å². The van der Waals surface area contributed by atoms with Crippen LogP contribution in [0, 0.1) is 0 Å². The lowest BCUT2D eigenvalue weighted by molar-refractivity contribution is 0.0134. The van der Waals surface area contributed by atoms with Crippen molar-refractivity contribution in [2.75, 3.05) is 37.4 Å². The van der Waals surface area contributed by atoms with Gasteiger partial charge in [0.25, 0.3) is 0 Å². The summed E-state index contributed by atoms with van der Waals surface area (Å²) in [6.45, 7) is 4.83. The Labute approximate surface area is 126 Å². The maximum absolute atomic E-state index is 5.73. The van der Waals surface area contributed by atoms with Gasteiger partial charge in [0.05, 0.1) is 6.10 Å². The van der Waals surface area contributed by atoms with Crippen LogP contribution in [-0.2, 0) is 16.1 Å². The Balaban J connectivity index is 1.85. The Bertz CT molecular complexity index is 422. The number of hydrogen-bond acceptors (Lipinski definition) is 6. The quantitative estimate of drug-likeness (QED) is 0.767. The molecule has 0 saturated carbocycles. The maximum atomic E-state index is 5.73. The van der Waals surface area contributed by atoms with E-state index in [2.05, 4.69) is 20.6 Å². The van der Waals surface area contributed by atoms with Crippen LogP contribution in [0.2, 0.25) is 0 Å². The Morgan fingerprint density at radius 1 is 1.33 bits per heavy atom. The summed E-state index contributed by atoms with van der Waals surface area (Å²) in [4.78, 5) is 8.85. The molecule has 1 fully saturated rings. The largest absolute Gasteiger partial charge is 0.378 e. The second-order valence-corrected chi connectivity index (χ2v) is 5.15. The molecule has 2 heterocycles. The third-order valence-corrected chi connectivity index (χ3v) is 3.51. The van der Waals surface area contributed by atoms with Crippen molar-refractivity contribution in [1.29, 1.82) is 0 Å². The van der Waals surface area contributed by atoms with E-state index < -0.39 is 0 Å². The molecule has 1 aliphatic heterocycles. The minimum Gasteiger partial charge on any atom is -0.378 e. The molecule has 0 radical (unpaired) electrons. The highest BCUT2D eigenvalue weighted by atomic mass is 16.5. The van der Waals surface area contributed by atoms with Crippen molar-refractivity contribution >= 4 is 11.6 Å². The third kappa shape index (κ3) is 5.47. The van der Waals surface area contributed by atoms with E-state index in [4.69, 9.17) is 9.47 Å². The molecule has 0 aliphatic carbocycles. The van der Waals surface area contributed by atoms with E-state index in [0.29, 0.717) is 25.1 Å². The zero-order chi connectivity index (χ0) is 14.9. The van der Waals surface area contributed by atoms with Crippen LogP contribution in [-0.4, -0.2) is 42.9 Å². The van der Waals surface area contributed by atoms with Crippen LogP contribution in [0.3, 0.4) is 0 Å². The zero-order valence-corrected chi connectivity index (χ0v) is 13.0. The summed E-state index contributed by atoms with van der Waals surface area (Å²) in [5.41, 5.74) is 0. The number of rotatable bonds is 8. The van der Waals surface area contributed by atoms with Gasteiger partial charge in [-0.15, -0.1) is 0 Å². The molecule has 118 valence electrons. The third-order valence-electron chi connectivity index (χ3n) is 3.51. The molecule has 1 saturated heterocycles. The van der Waals surface area contributed by atoms with Gasteiger partial charge in [-0.25, -0.2) is 9.97 Å². The first-order chi connectivity index (χ1) is 10.3. The van der Waals surface area contributed by atoms with Gasteiger partial charge in [-0.1, -0.05) is 0 Å². The van der Waals surface area contributed by atoms with Gasteiger partial charge in [-0.05, 0) is 32.6 Å². The average Bonchev–Trinajstić information content (AvgIpc) is 2.53. The van der Waals surface area contributed by atoms with Crippen molar-refractivity contribution in [3.8, 4) is 0 Å². The van der Waals surface area contributed by atoms with Gasteiger partial charge in [0, 0.05) is 32.9 Å². The van der Waals surface area contributed by atoms with E-state index in [1.807, 2.05) is 20.0 Å². The number of ether oxygens (including phenoxy) is 2. The lowest BCUT2D eigenvalue weighted by Gasteiger charge is -2.22. The fraction of sp³-hybridized carbons (Fsp3) is 0.733. The van der Waals surface area contributed by atoms with Crippen LogP contribution >= 0.6 is 0 Å². The molecule has 1 atom stereocenters. The van der Waals surface area contributed by atoms with E-state index in [9.17, 15) is 0 Å². The van der Waals surface area contributed by atoms with Crippen LogP contribution in [0.5, 0.6) is 0 Å². The lowest BCUT2D eigenvalue weighted by atomic mass is 10.1. The fourth-order valence-corrected chi connectivity index (χ4v) is 2.37. The standard InChI is InChI=1S/C15H26N4O2/c1-3-20-11-15-18-13(16-2)10-14(19-15)17-8-7-12-6-4-5-9-21-12/h10,12H,3-9,11H2,1-2H3,(H2,16,17,18,19). The Morgan fingerprint density at radius 2 is 2.19 bits per heavy atom. The molecule has 0 bridgehead atoms. The van der Waals surface area contributed by atoms with Gasteiger partial charge in [-0.2, -0.15) is 0 Å². The summed E-state index contributed by atoms with van der Waals surface area (Å²) in [6, 6.07) is 1.91. The predicted octanol–water partition coefficient (Wildman–Crippen LogP) is 2.43. The Hall–Kier alpha value is -1.40. The number of hydrogen-bond donors (Lipinski definition) is 2. The van der Waals surface area contributed by atoms with Crippen LogP contribution in [0.1, 0.15) is 38.4 Å². The molecule has 2 N–H and O–H groups in total. The number of anilines is 2. The summed E-state index contributed by atoms with van der Waals surface area (Å²) >= 11 is 0. The minimum absolute atomic E-state index is 0.389. The molecule has 1 unspecified atom stereocenters. The molecule has 1 aromatic heterocycles. The molecule has 2 rings (SSSR count). The van der Waals surface area contributed by atoms with Crippen LogP contribution < -0.4 is 10.6 Å². The first-order valence-electron chi connectivity index (χ1n) is 7.80. The number of nitrogens with one attached hydrogen (secondary N) is 2. The summed E-state index contributed by atoms with van der Waals surface area (Å²) in [5, 5.41) is 6.41. The van der Waals surface area contributed by atoms with Crippen LogP contribution in [0.4, 0.5) is 11.6 Å². The van der Waals surface area contributed by atoms with E-state index in [1.165, 1.54) is 19.3 Å². The molecule has 0 spiro atoms. The normalized spacial score (nSPS) is 18.5. The molecular weight excluding hydrogens is 268 g/mol. The highest BCUT2D eigenvalue weighted by molar-refractivity contribution is 5.47. The fourth-order valence-electron chi connectivity index (χ4n) is 2.37. The highest BCUT2D eigenvalue weighted by Gasteiger charge is 2.13. The monoisotopic (exact) mass is 294 g/mol. The molecule has 21 heavy (non-hydrogen) atoms. The van der Waals surface area contributed by atoms with E-state index in [-0.39, 0.29) is 0 Å². The molecule has 0 amide bonds. The van der Waals surface area contributed by atoms with Crippen LogP contribution in [0.15, 0.2) is 6.07 Å². The first-order valence-corrected chi connectivity index (χ1v) is 7.80. The van der Waals surface area contributed by atoms with Gasteiger partial charge in [0.1, 0.15) is 18.2 Å². The zero-order valence-electron chi connectivity index (χ0n) is 13.0. The van der Waals surface area contributed by atoms with Crippen molar-refractivity contribution in [2.24, 2.45) is 0 Å². The van der Waals surface area contributed by atoms with E-state index >= 15 is 0 Å². The second-order valence-electron chi connectivity index (χ2n) is 5.15. The summed E-state index contributed by atoms with van der Waals surface area (Å²) in [6.07, 6.45) is 5.05. The average molecular weight is 294 g/mol. The maximum Gasteiger partial charge on any atom is 0.158 e. The summed E-state index contributed by atoms with van der Waals surface area (Å²) < 4.78 is 11.1. The molecule has 6 nitrogen and oxygen atoms in total. The van der Waals surface area contributed by atoms with Crippen molar-refractivity contribution in [3.05, 3.63) is 11.9 Å².